The summed E-state index contributed by atoms with van der Waals surface area (Å²) in [5.74, 6) is -1.04. The summed E-state index contributed by atoms with van der Waals surface area (Å²) in [4.78, 5) is 29.0. The van der Waals surface area contributed by atoms with E-state index < -0.39 is 22.9 Å². The smallest absolute Gasteiger partial charge is 0.271 e. The molecule has 8 heteroatoms. The van der Waals surface area contributed by atoms with Crippen molar-refractivity contribution in [2.75, 3.05) is 6.54 Å². The molecule has 0 fully saturated rings. The highest BCUT2D eigenvalue weighted by atomic mass is 32.1. The van der Waals surface area contributed by atoms with E-state index in [2.05, 4.69) is 10.3 Å². The van der Waals surface area contributed by atoms with Crippen molar-refractivity contribution in [3.8, 4) is 0 Å². The number of aliphatic hydroxyl groups is 1. The van der Waals surface area contributed by atoms with Crippen LogP contribution in [-0.4, -0.2) is 26.9 Å². The number of nitrogens with zero attached hydrogens (tertiary/aromatic N) is 2. The molecule has 2 aromatic heterocycles. The lowest BCUT2D eigenvalue weighted by molar-refractivity contribution is 0.0525. The lowest BCUT2D eigenvalue weighted by atomic mass is 9.96. The molecule has 124 valence electrons. The predicted octanol–water partition coefficient (Wildman–Crippen LogP) is 1.53. The molecular formula is C16H14FN3O3S. The average Bonchev–Trinajstić information content (AvgIpc) is 3.03. The van der Waals surface area contributed by atoms with E-state index in [0.717, 1.165) is 0 Å². The summed E-state index contributed by atoms with van der Waals surface area (Å²) in [5.41, 5.74) is -1.53. The molecule has 1 amide bonds. The van der Waals surface area contributed by atoms with E-state index in [9.17, 15) is 19.1 Å². The monoisotopic (exact) mass is 347 g/mol. The molecule has 3 rings (SSSR count). The first-order valence-electron chi connectivity index (χ1n) is 7.10. The number of fused-ring (bicyclic) bond motifs is 1. The van der Waals surface area contributed by atoms with E-state index in [1.165, 1.54) is 53.1 Å². The van der Waals surface area contributed by atoms with Gasteiger partial charge in [-0.05, 0) is 24.6 Å². The maximum absolute atomic E-state index is 13.0. The summed E-state index contributed by atoms with van der Waals surface area (Å²) in [6, 6.07) is 5.34. The first-order valence-corrected chi connectivity index (χ1v) is 7.98. The number of carbonyl (C=O) groups is 1. The van der Waals surface area contributed by atoms with E-state index in [4.69, 9.17) is 0 Å². The molecule has 3 aromatic rings. The van der Waals surface area contributed by atoms with Crippen LogP contribution in [0.3, 0.4) is 0 Å². The molecule has 0 radical (unpaired) electrons. The lowest BCUT2D eigenvalue weighted by Crippen LogP contribution is -2.40. The predicted molar refractivity (Wildman–Crippen MR) is 87.6 cm³/mol. The zero-order valence-electron chi connectivity index (χ0n) is 12.7. The lowest BCUT2D eigenvalue weighted by Gasteiger charge is -2.24. The Morgan fingerprint density at radius 2 is 2.12 bits per heavy atom. The number of hydrogen-bond donors (Lipinski definition) is 2. The minimum atomic E-state index is -1.40. The molecular weight excluding hydrogens is 333 g/mol. The summed E-state index contributed by atoms with van der Waals surface area (Å²) in [5, 5.41) is 14.7. The molecule has 2 heterocycles. The number of benzene rings is 1. The van der Waals surface area contributed by atoms with Gasteiger partial charge in [-0.25, -0.2) is 9.37 Å². The van der Waals surface area contributed by atoms with Crippen LogP contribution in [0.2, 0.25) is 0 Å². The van der Waals surface area contributed by atoms with Crippen LogP contribution in [0.15, 0.2) is 46.8 Å². The molecule has 0 aliphatic carbocycles. The van der Waals surface area contributed by atoms with Crippen LogP contribution in [0, 0.1) is 5.82 Å². The van der Waals surface area contributed by atoms with Crippen LogP contribution in [0.5, 0.6) is 0 Å². The Morgan fingerprint density at radius 1 is 1.42 bits per heavy atom. The van der Waals surface area contributed by atoms with Crippen molar-refractivity contribution in [1.82, 2.24) is 14.7 Å². The molecule has 0 aliphatic rings. The summed E-state index contributed by atoms with van der Waals surface area (Å²) >= 11 is 1.29. The Labute approximate surface area is 140 Å². The summed E-state index contributed by atoms with van der Waals surface area (Å²) in [6.45, 7) is 1.36. The van der Waals surface area contributed by atoms with Gasteiger partial charge < -0.3 is 10.4 Å². The number of halogens is 1. The Morgan fingerprint density at radius 3 is 2.83 bits per heavy atom. The average molecular weight is 347 g/mol. The second-order valence-corrected chi connectivity index (χ2v) is 6.37. The van der Waals surface area contributed by atoms with Gasteiger partial charge in [-0.1, -0.05) is 12.1 Å². The van der Waals surface area contributed by atoms with Crippen LogP contribution in [0.4, 0.5) is 4.39 Å². The molecule has 1 unspecified atom stereocenters. The van der Waals surface area contributed by atoms with Gasteiger partial charge in [-0.2, -0.15) is 0 Å². The minimum absolute atomic E-state index is 0.110. The standard InChI is InChI=1S/C16H14FN3O3S/c1-16(23,10-2-4-11(17)5-3-10)9-19-13(21)12-8-18-15-20(14(12)22)6-7-24-15/h2-8,23H,9H2,1H3,(H,19,21). The van der Waals surface area contributed by atoms with Gasteiger partial charge >= 0.3 is 0 Å². The third kappa shape index (κ3) is 3.06. The topological polar surface area (TPSA) is 83.7 Å². The van der Waals surface area contributed by atoms with Crippen LogP contribution < -0.4 is 10.9 Å². The van der Waals surface area contributed by atoms with Gasteiger partial charge in [-0.3, -0.25) is 14.0 Å². The van der Waals surface area contributed by atoms with Crippen LogP contribution in [-0.2, 0) is 5.60 Å². The zero-order chi connectivity index (χ0) is 17.3. The largest absolute Gasteiger partial charge is 0.384 e. The van der Waals surface area contributed by atoms with Crippen molar-refractivity contribution < 1.29 is 14.3 Å². The van der Waals surface area contributed by atoms with Gasteiger partial charge in [0.25, 0.3) is 11.5 Å². The third-order valence-corrected chi connectivity index (χ3v) is 4.42. The molecule has 1 aromatic carbocycles. The second kappa shape index (κ2) is 6.14. The number of thiazole rings is 1. The van der Waals surface area contributed by atoms with E-state index >= 15 is 0 Å². The fraction of sp³-hybridized carbons (Fsp3) is 0.188. The molecule has 6 nitrogen and oxygen atoms in total. The van der Waals surface area contributed by atoms with Gasteiger partial charge in [0.15, 0.2) is 4.96 Å². The van der Waals surface area contributed by atoms with Gasteiger partial charge in [0.1, 0.15) is 17.0 Å². The zero-order valence-corrected chi connectivity index (χ0v) is 13.5. The number of carbonyl (C=O) groups excluding carboxylic acids is 1. The molecule has 0 saturated heterocycles. The number of amides is 1. The van der Waals surface area contributed by atoms with Gasteiger partial charge in [0, 0.05) is 17.8 Å². The van der Waals surface area contributed by atoms with Crippen molar-refractivity contribution in [1.29, 1.82) is 0 Å². The highest BCUT2D eigenvalue weighted by Crippen LogP contribution is 2.20. The molecule has 0 aliphatic heterocycles. The normalized spacial score (nSPS) is 13.6. The number of rotatable bonds is 4. The molecule has 0 spiro atoms. The number of nitrogens with one attached hydrogen (secondary N) is 1. The molecule has 2 N–H and O–H groups in total. The summed E-state index contributed by atoms with van der Waals surface area (Å²) in [6.07, 6.45) is 2.76. The Kier molecular flexibility index (Phi) is 4.16. The molecule has 0 bridgehead atoms. The maximum Gasteiger partial charge on any atom is 0.271 e. The Hall–Kier alpha value is -2.58. The SMILES string of the molecule is CC(O)(CNC(=O)c1cnc2sccn2c1=O)c1ccc(F)cc1. The maximum atomic E-state index is 13.0. The van der Waals surface area contributed by atoms with E-state index in [0.29, 0.717) is 10.5 Å². The molecule has 0 saturated carbocycles. The van der Waals surface area contributed by atoms with Gasteiger partial charge in [-0.15, -0.1) is 11.3 Å². The van der Waals surface area contributed by atoms with Crippen molar-refractivity contribution in [3.05, 3.63) is 69.3 Å². The van der Waals surface area contributed by atoms with Crippen LogP contribution >= 0.6 is 11.3 Å². The molecule has 1 atom stereocenters. The highest BCUT2D eigenvalue weighted by molar-refractivity contribution is 7.15. The number of hydrogen-bond acceptors (Lipinski definition) is 5. The fourth-order valence-electron chi connectivity index (χ4n) is 2.24. The first-order chi connectivity index (χ1) is 11.4. The highest BCUT2D eigenvalue weighted by Gasteiger charge is 2.25. The third-order valence-electron chi connectivity index (χ3n) is 3.65. The second-order valence-electron chi connectivity index (χ2n) is 5.50. The van der Waals surface area contributed by atoms with Gasteiger partial charge in [0.05, 0.1) is 6.54 Å². The minimum Gasteiger partial charge on any atom is -0.384 e. The van der Waals surface area contributed by atoms with Gasteiger partial charge in [0.2, 0.25) is 0 Å². The van der Waals surface area contributed by atoms with Crippen LogP contribution in [0.25, 0.3) is 4.96 Å². The van der Waals surface area contributed by atoms with Crippen molar-refractivity contribution in [3.63, 3.8) is 0 Å². The van der Waals surface area contributed by atoms with E-state index in [-0.39, 0.29) is 12.1 Å². The summed E-state index contributed by atoms with van der Waals surface area (Å²) in [7, 11) is 0. The van der Waals surface area contributed by atoms with E-state index in [1.54, 1.807) is 11.6 Å². The van der Waals surface area contributed by atoms with Crippen molar-refractivity contribution >= 4 is 22.2 Å². The summed E-state index contributed by atoms with van der Waals surface area (Å²) < 4.78 is 14.3. The van der Waals surface area contributed by atoms with Crippen molar-refractivity contribution in [2.45, 2.75) is 12.5 Å². The number of aromatic nitrogens is 2. The Bertz CT molecular complexity index is 947. The Balaban J connectivity index is 1.77. The van der Waals surface area contributed by atoms with Crippen molar-refractivity contribution in [2.24, 2.45) is 0 Å². The quantitative estimate of drug-likeness (QED) is 0.750. The van der Waals surface area contributed by atoms with E-state index in [1.807, 2.05) is 0 Å². The molecule has 24 heavy (non-hydrogen) atoms. The van der Waals surface area contributed by atoms with Crippen LogP contribution in [0.1, 0.15) is 22.8 Å². The first kappa shape index (κ1) is 16.3. The fourth-order valence-corrected chi connectivity index (χ4v) is 2.91.